The van der Waals surface area contributed by atoms with E-state index in [2.05, 4.69) is 5.10 Å². The maximum absolute atomic E-state index is 12.6. The average Bonchev–Trinajstić information content (AvgIpc) is 3.10. The van der Waals surface area contributed by atoms with Crippen LogP contribution in [0.3, 0.4) is 0 Å². The highest BCUT2D eigenvalue weighted by atomic mass is 35.5. The van der Waals surface area contributed by atoms with E-state index in [4.69, 9.17) is 11.6 Å². The second-order valence-corrected chi connectivity index (χ2v) is 6.69. The lowest BCUT2D eigenvalue weighted by atomic mass is 10.3. The van der Waals surface area contributed by atoms with Gasteiger partial charge in [0.2, 0.25) is 0 Å². The lowest BCUT2D eigenvalue weighted by Crippen LogP contribution is -2.29. The van der Waals surface area contributed by atoms with Crippen molar-refractivity contribution in [2.45, 2.75) is 20.8 Å². The molecule has 0 radical (unpaired) electrons. The molecular formula is C17H18ClN3OS. The lowest BCUT2D eigenvalue weighted by molar-refractivity contribution is 0.0778. The normalized spacial score (nSPS) is 11.1. The molecule has 0 aliphatic heterocycles. The van der Waals surface area contributed by atoms with E-state index in [-0.39, 0.29) is 5.91 Å². The number of carbonyl (C=O) groups excluding carboxylic acids is 1. The topological polar surface area (TPSA) is 38.1 Å². The first-order valence-corrected chi connectivity index (χ1v) is 8.79. The summed E-state index contributed by atoms with van der Waals surface area (Å²) in [5.41, 5.74) is 1.73. The van der Waals surface area contributed by atoms with Crippen LogP contribution in [0, 0.1) is 6.92 Å². The second kappa shape index (κ2) is 6.34. The number of halogens is 1. The van der Waals surface area contributed by atoms with Gasteiger partial charge in [-0.15, -0.1) is 11.3 Å². The maximum Gasteiger partial charge on any atom is 0.264 e. The minimum Gasteiger partial charge on any atom is -0.339 e. The van der Waals surface area contributed by atoms with Crippen LogP contribution in [0.5, 0.6) is 0 Å². The van der Waals surface area contributed by atoms with Gasteiger partial charge in [0.15, 0.2) is 0 Å². The largest absolute Gasteiger partial charge is 0.339 e. The Hall–Kier alpha value is -1.85. The Bertz CT molecular complexity index is 864. The Balaban J connectivity index is 2.13. The van der Waals surface area contributed by atoms with Crippen molar-refractivity contribution in [1.82, 2.24) is 14.7 Å². The van der Waals surface area contributed by atoms with Gasteiger partial charge in [-0.3, -0.25) is 4.79 Å². The molecule has 0 bridgehead atoms. The summed E-state index contributed by atoms with van der Waals surface area (Å²) in [6.45, 7) is 7.35. The summed E-state index contributed by atoms with van der Waals surface area (Å²) in [4.78, 5) is 16.1. The van der Waals surface area contributed by atoms with Gasteiger partial charge in [-0.1, -0.05) is 23.7 Å². The molecule has 2 heterocycles. The fraction of sp³-hybridized carbons (Fsp3) is 0.294. The van der Waals surface area contributed by atoms with E-state index in [1.54, 1.807) is 0 Å². The Morgan fingerprint density at radius 2 is 2.00 bits per heavy atom. The van der Waals surface area contributed by atoms with Crippen molar-refractivity contribution in [2.75, 3.05) is 13.1 Å². The summed E-state index contributed by atoms with van der Waals surface area (Å²) in [6, 6.07) is 9.54. The van der Waals surface area contributed by atoms with E-state index in [0.29, 0.717) is 18.1 Å². The molecule has 4 nitrogen and oxygen atoms in total. The molecule has 23 heavy (non-hydrogen) atoms. The number of thiophene rings is 1. The van der Waals surface area contributed by atoms with Gasteiger partial charge in [-0.05, 0) is 39.0 Å². The molecule has 0 N–H and O–H groups in total. The third kappa shape index (κ3) is 2.75. The van der Waals surface area contributed by atoms with Crippen LogP contribution in [0.4, 0.5) is 0 Å². The van der Waals surface area contributed by atoms with Crippen LogP contribution in [-0.4, -0.2) is 33.7 Å². The van der Waals surface area contributed by atoms with Gasteiger partial charge in [-0.25, -0.2) is 4.68 Å². The highest BCUT2D eigenvalue weighted by molar-refractivity contribution is 7.20. The van der Waals surface area contributed by atoms with E-state index in [1.807, 2.05) is 60.7 Å². The first-order chi connectivity index (χ1) is 11.1. The molecule has 0 unspecified atom stereocenters. The predicted molar refractivity (Wildman–Crippen MR) is 95.9 cm³/mol. The number of nitrogens with zero attached hydrogens (tertiary/aromatic N) is 3. The third-order valence-electron chi connectivity index (χ3n) is 3.89. The summed E-state index contributed by atoms with van der Waals surface area (Å²) in [5, 5.41) is 6.23. The molecule has 3 aromatic rings. The van der Waals surface area contributed by atoms with Gasteiger partial charge >= 0.3 is 0 Å². The van der Waals surface area contributed by atoms with Crippen LogP contribution >= 0.6 is 22.9 Å². The number of amides is 1. The summed E-state index contributed by atoms with van der Waals surface area (Å²) < 4.78 is 1.83. The summed E-state index contributed by atoms with van der Waals surface area (Å²) in [6.07, 6.45) is 0. The van der Waals surface area contributed by atoms with E-state index in [1.165, 1.54) is 11.3 Å². The molecule has 0 fully saturated rings. The summed E-state index contributed by atoms with van der Waals surface area (Å²) in [5.74, 6) is 0.0707. The van der Waals surface area contributed by atoms with Crippen LogP contribution in [-0.2, 0) is 0 Å². The van der Waals surface area contributed by atoms with Crippen LogP contribution in [0.25, 0.3) is 15.9 Å². The Morgan fingerprint density at radius 3 is 2.65 bits per heavy atom. The van der Waals surface area contributed by atoms with Gasteiger partial charge in [0.1, 0.15) is 4.83 Å². The van der Waals surface area contributed by atoms with Crippen molar-refractivity contribution in [1.29, 1.82) is 0 Å². The number of hydrogen-bond acceptors (Lipinski definition) is 3. The molecule has 0 aliphatic rings. The van der Waals surface area contributed by atoms with Crippen molar-refractivity contribution < 1.29 is 4.79 Å². The van der Waals surface area contributed by atoms with E-state index in [9.17, 15) is 4.79 Å². The number of rotatable bonds is 4. The van der Waals surface area contributed by atoms with Crippen molar-refractivity contribution in [3.63, 3.8) is 0 Å². The molecule has 3 rings (SSSR count). The minimum absolute atomic E-state index is 0.0707. The fourth-order valence-electron chi connectivity index (χ4n) is 2.61. The molecule has 6 heteroatoms. The summed E-state index contributed by atoms with van der Waals surface area (Å²) >= 11 is 7.77. The SMILES string of the molecule is CCN(CC)C(=O)c1cc2c(C)nn(-c3ccccc3Cl)c2s1. The molecule has 0 saturated carbocycles. The number of hydrogen-bond donors (Lipinski definition) is 0. The third-order valence-corrected chi connectivity index (χ3v) is 5.30. The number of carbonyl (C=O) groups is 1. The number of aryl methyl sites for hydroxylation is 1. The number of aromatic nitrogens is 2. The van der Waals surface area contributed by atoms with Crippen LogP contribution < -0.4 is 0 Å². The molecule has 0 aliphatic carbocycles. The van der Waals surface area contributed by atoms with E-state index in [0.717, 1.165) is 26.5 Å². The molecule has 1 amide bonds. The number of para-hydroxylation sites is 1. The van der Waals surface area contributed by atoms with Gasteiger partial charge in [0, 0.05) is 18.5 Å². The molecule has 0 saturated heterocycles. The zero-order chi connectivity index (χ0) is 16.6. The molecule has 0 atom stereocenters. The highest BCUT2D eigenvalue weighted by Gasteiger charge is 2.20. The standard InChI is InChI=1S/C17H18ClN3OS/c1-4-20(5-2)16(22)15-10-12-11(3)19-21(17(12)23-15)14-9-7-6-8-13(14)18/h6-10H,4-5H2,1-3H3. The maximum atomic E-state index is 12.6. The van der Waals surface area contributed by atoms with E-state index >= 15 is 0 Å². The zero-order valence-corrected chi connectivity index (χ0v) is 14.9. The second-order valence-electron chi connectivity index (χ2n) is 5.26. The fourth-order valence-corrected chi connectivity index (χ4v) is 3.97. The van der Waals surface area contributed by atoms with Crippen molar-refractivity contribution in [3.8, 4) is 5.69 Å². The predicted octanol–water partition coefficient (Wildman–Crippen LogP) is 4.53. The lowest BCUT2D eigenvalue weighted by Gasteiger charge is -2.17. The number of fused-ring (bicyclic) bond motifs is 1. The average molecular weight is 348 g/mol. The van der Waals surface area contributed by atoms with Crippen LogP contribution in [0.2, 0.25) is 5.02 Å². The zero-order valence-electron chi connectivity index (χ0n) is 13.3. The minimum atomic E-state index is 0.0707. The van der Waals surface area contributed by atoms with Crippen molar-refractivity contribution >= 4 is 39.1 Å². The molecule has 120 valence electrons. The highest BCUT2D eigenvalue weighted by Crippen LogP contribution is 2.32. The molecule has 2 aromatic heterocycles. The molecule has 1 aromatic carbocycles. The quantitative estimate of drug-likeness (QED) is 0.695. The van der Waals surface area contributed by atoms with Gasteiger partial charge in [0.05, 0.1) is 21.3 Å². The van der Waals surface area contributed by atoms with E-state index < -0.39 is 0 Å². The van der Waals surface area contributed by atoms with Crippen molar-refractivity contribution in [2.24, 2.45) is 0 Å². The summed E-state index contributed by atoms with van der Waals surface area (Å²) in [7, 11) is 0. The Labute approximate surface area is 144 Å². The van der Waals surface area contributed by atoms with Gasteiger partial charge < -0.3 is 4.90 Å². The number of benzene rings is 1. The molecular weight excluding hydrogens is 330 g/mol. The smallest absolute Gasteiger partial charge is 0.264 e. The Morgan fingerprint density at radius 1 is 1.30 bits per heavy atom. The van der Waals surface area contributed by atoms with Crippen LogP contribution in [0.15, 0.2) is 30.3 Å². The monoisotopic (exact) mass is 347 g/mol. The van der Waals surface area contributed by atoms with Gasteiger partial charge in [0.25, 0.3) is 5.91 Å². The van der Waals surface area contributed by atoms with Gasteiger partial charge in [-0.2, -0.15) is 5.10 Å². The Kier molecular flexibility index (Phi) is 4.41. The van der Waals surface area contributed by atoms with Crippen molar-refractivity contribution in [3.05, 3.63) is 45.9 Å². The first kappa shape index (κ1) is 16.0. The van der Waals surface area contributed by atoms with Crippen LogP contribution in [0.1, 0.15) is 29.2 Å². The molecule has 0 spiro atoms. The first-order valence-electron chi connectivity index (χ1n) is 7.60.